The van der Waals surface area contributed by atoms with E-state index in [1.54, 1.807) is 60.0 Å². The van der Waals surface area contributed by atoms with Crippen LogP contribution in [0.15, 0.2) is 84.9 Å². The van der Waals surface area contributed by atoms with Crippen LogP contribution in [0.5, 0.6) is 17.2 Å². The first-order valence-electron chi connectivity index (χ1n) is 13.1. The molecule has 0 spiro atoms. The van der Waals surface area contributed by atoms with Crippen molar-refractivity contribution in [3.05, 3.63) is 123 Å². The van der Waals surface area contributed by atoms with E-state index in [2.05, 4.69) is 0 Å². The van der Waals surface area contributed by atoms with Crippen LogP contribution >= 0.6 is 23.2 Å². The standard InChI is InChI=1S/C33H27Cl2FN2O4/c1-20-26(27-16-24(41-3)13-15-30(27)38(20)33(40)21-8-10-23(34)11-9-21)18-32(39)37(2)19-22-6-4-5-7-31(22)42-25-12-14-29(36)28(35)17-25/h4-17H,18-19H2,1-3H3. The lowest BCUT2D eigenvalue weighted by Crippen LogP contribution is -2.28. The molecule has 4 aromatic carbocycles. The van der Waals surface area contributed by atoms with Crippen LogP contribution in [0, 0.1) is 12.7 Å². The lowest BCUT2D eigenvalue weighted by molar-refractivity contribution is -0.129. The zero-order valence-corrected chi connectivity index (χ0v) is 24.7. The molecule has 0 aliphatic rings. The summed E-state index contributed by atoms with van der Waals surface area (Å²) < 4.78 is 26.6. The smallest absolute Gasteiger partial charge is 0.262 e. The molecule has 1 amide bonds. The molecule has 1 heterocycles. The maximum absolute atomic E-state index is 13.6. The van der Waals surface area contributed by atoms with E-state index in [1.165, 1.54) is 18.2 Å². The van der Waals surface area contributed by atoms with Crippen molar-refractivity contribution in [2.75, 3.05) is 14.2 Å². The Morgan fingerprint density at radius 1 is 0.929 bits per heavy atom. The summed E-state index contributed by atoms with van der Waals surface area (Å²) in [5, 5.41) is 1.25. The highest BCUT2D eigenvalue weighted by molar-refractivity contribution is 6.31. The third-order valence-electron chi connectivity index (χ3n) is 7.09. The fourth-order valence-electron chi connectivity index (χ4n) is 4.83. The molecule has 0 bridgehead atoms. The Hall–Kier alpha value is -4.33. The highest BCUT2D eigenvalue weighted by Crippen LogP contribution is 2.32. The van der Waals surface area contributed by atoms with Crippen LogP contribution in [0.25, 0.3) is 10.9 Å². The van der Waals surface area contributed by atoms with Gasteiger partial charge in [0.25, 0.3) is 5.91 Å². The van der Waals surface area contributed by atoms with Crippen molar-refractivity contribution in [3.8, 4) is 17.2 Å². The SMILES string of the molecule is COc1ccc2c(c1)c(CC(=O)N(C)Cc1ccccc1Oc1ccc(F)c(Cl)c1)c(C)n2C(=O)c1ccc(Cl)cc1. The monoisotopic (exact) mass is 604 g/mol. The number of fused-ring (bicyclic) bond motifs is 1. The number of hydrogen-bond donors (Lipinski definition) is 0. The summed E-state index contributed by atoms with van der Waals surface area (Å²) in [5.41, 5.74) is 3.30. The Balaban J connectivity index is 1.43. The first-order valence-corrected chi connectivity index (χ1v) is 13.8. The number of likely N-dealkylation sites (N-methyl/N-ethyl adjacent to an activating group) is 1. The van der Waals surface area contributed by atoms with Crippen molar-refractivity contribution in [3.63, 3.8) is 0 Å². The molecular weight excluding hydrogens is 578 g/mol. The highest BCUT2D eigenvalue weighted by atomic mass is 35.5. The summed E-state index contributed by atoms with van der Waals surface area (Å²) >= 11 is 11.9. The topological polar surface area (TPSA) is 60.8 Å². The van der Waals surface area contributed by atoms with Crippen LogP contribution in [-0.2, 0) is 17.8 Å². The number of rotatable bonds is 8. The molecule has 0 saturated heterocycles. The van der Waals surface area contributed by atoms with Crippen LogP contribution in [0.1, 0.15) is 27.2 Å². The van der Waals surface area contributed by atoms with Crippen LogP contribution in [-0.4, -0.2) is 35.4 Å². The van der Waals surface area contributed by atoms with Gasteiger partial charge in [0.15, 0.2) is 0 Å². The summed E-state index contributed by atoms with van der Waals surface area (Å²) in [4.78, 5) is 28.8. The Bertz CT molecular complexity index is 1800. The molecule has 214 valence electrons. The summed E-state index contributed by atoms with van der Waals surface area (Å²) in [6, 6.07) is 23.6. The predicted molar refractivity (Wildman–Crippen MR) is 163 cm³/mol. The molecule has 0 radical (unpaired) electrons. The lowest BCUT2D eigenvalue weighted by Gasteiger charge is -2.20. The van der Waals surface area contributed by atoms with E-state index in [0.29, 0.717) is 39.0 Å². The van der Waals surface area contributed by atoms with Crippen LogP contribution < -0.4 is 9.47 Å². The van der Waals surface area contributed by atoms with Crippen LogP contribution in [0.3, 0.4) is 0 Å². The Labute approximate surface area is 252 Å². The molecular formula is C33H27Cl2FN2O4. The number of halogens is 3. The van der Waals surface area contributed by atoms with Crippen molar-refractivity contribution in [2.24, 2.45) is 0 Å². The van der Waals surface area contributed by atoms with Gasteiger partial charge in [-0.15, -0.1) is 0 Å². The molecule has 0 aliphatic carbocycles. The largest absolute Gasteiger partial charge is 0.497 e. The van der Waals surface area contributed by atoms with Gasteiger partial charge in [0.2, 0.25) is 5.91 Å². The van der Waals surface area contributed by atoms with Crippen molar-refractivity contribution >= 4 is 45.9 Å². The quantitative estimate of drug-likeness (QED) is 0.179. The van der Waals surface area contributed by atoms with E-state index in [0.717, 1.165) is 16.5 Å². The average Bonchev–Trinajstić information content (AvgIpc) is 3.25. The number of amides is 1. The van der Waals surface area contributed by atoms with Gasteiger partial charge in [0, 0.05) is 46.9 Å². The average molecular weight is 605 g/mol. The lowest BCUT2D eigenvalue weighted by atomic mass is 10.1. The Morgan fingerprint density at radius 2 is 1.64 bits per heavy atom. The van der Waals surface area contributed by atoms with Crippen molar-refractivity contribution in [2.45, 2.75) is 19.9 Å². The minimum absolute atomic E-state index is 0.0435. The number of benzene rings is 4. The number of nitrogens with zero attached hydrogens (tertiary/aromatic N) is 2. The van der Waals surface area contributed by atoms with Gasteiger partial charge in [-0.05, 0) is 73.2 Å². The van der Waals surface area contributed by atoms with Crippen molar-refractivity contribution in [1.29, 1.82) is 0 Å². The van der Waals surface area contributed by atoms with Gasteiger partial charge >= 0.3 is 0 Å². The van der Waals surface area contributed by atoms with Gasteiger partial charge in [0.1, 0.15) is 23.1 Å². The first kappa shape index (κ1) is 29.2. The minimum atomic E-state index is -0.535. The normalized spacial score (nSPS) is 11.0. The second kappa shape index (κ2) is 12.3. The van der Waals surface area contributed by atoms with Gasteiger partial charge < -0.3 is 14.4 Å². The second-order valence-electron chi connectivity index (χ2n) is 9.81. The van der Waals surface area contributed by atoms with Crippen LogP contribution in [0.4, 0.5) is 4.39 Å². The highest BCUT2D eigenvalue weighted by Gasteiger charge is 2.23. The predicted octanol–water partition coefficient (Wildman–Crippen LogP) is 8.09. The van der Waals surface area contributed by atoms with Gasteiger partial charge in [-0.25, -0.2) is 4.39 Å². The van der Waals surface area contributed by atoms with E-state index in [-0.39, 0.29) is 29.8 Å². The van der Waals surface area contributed by atoms with Crippen molar-refractivity contribution < 1.29 is 23.5 Å². The molecule has 0 unspecified atom stereocenters. The number of aromatic nitrogens is 1. The van der Waals surface area contributed by atoms with E-state index in [4.69, 9.17) is 32.7 Å². The maximum atomic E-state index is 13.6. The molecule has 1 aromatic heterocycles. The van der Waals surface area contributed by atoms with Crippen LogP contribution in [0.2, 0.25) is 10.0 Å². The fourth-order valence-corrected chi connectivity index (χ4v) is 5.12. The van der Waals surface area contributed by atoms with E-state index in [9.17, 15) is 14.0 Å². The summed E-state index contributed by atoms with van der Waals surface area (Å²) in [6.45, 7) is 2.09. The molecule has 42 heavy (non-hydrogen) atoms. The van der Waals surface area contributed by atoms with Gasteiger partial charge in [0.05, 0.1) is 24.1 Å². The van der Waals surface area contributed by atoms with Crippen molar-refractivity contribution in [1.82, 2.24) is 9.47 Å². The van der Waals surface area contributed by atoms with E-state index >= 15 is 0 Å². The zero-order valence-electron chi connectivity index (χ0n) is 23.2. The van der Waals surface area contributed by atoms with E-state index in [1.807, 2.05) is 37.3 Å². The Morgan fingerprint density at radius 3 is 2.36 bits per heavy atom. The third-order valence-corrected chi connectivity index (χ3v) is 7.63. The Kier molecular flexibility index (Phi) is 8.52. The molecule has 0 N–H and O–H groups in total. The third kappa shape index (κ3) is 5.98. The number of para-hydroxylation sites is 1. The number of ether oxygens (including phenoxy) is 2. The maximum Gasteiger partial charge on any atom is 0.262 e. The fraction of sp³-hybridized carbons (Fsp3) is 0.152. The number of methoxy groups -OCH3 is 1. The molecule has 0 aliphatic heterocycles. The second-order valence-corrected chi connectivity index (χ2v) is 10.7. The molecule has 9 heteroatoms. The molecule has 0 fully saturated rings. The summed E-state index contributed by atoms with van der Waals surface area (Å²) in [6.07, 6.45) is 0.0590. The summed E-state index contributed by atoms with van der Waals surface area (Å²) in [5.74, 6) is 0.604. The first-order chi connectivity index (χ1) is 20.2. The van der Waals surface area contributed by atoms with Gasteiger partial charge in [-0.3, -0.25) is 14.2 Å². The number of hydrogen-bond acceptors (Lipinski definition) is 4. The molecule has 5 aromatic rings. The zero-order chi connectivity index (χ0) is 30.0. The molecule has 0 atom stereocenters. The molecule has 5 rings (SSSR count). The number of carbonyl (C=O) groups is 2. The van der Waals surface area contributed by atoms with Gasteiger partial charge in [-0.1, -0.05) is 41.4 Å². The van der Waals surface area contributed by atoms with E-state index < -0.39 is 5.82 Å². The molecule has 0 saturated carbocycles. The summed E-state index contributed by atoms with van der Waals surface area (Å²) in [7, 11) is 3.28. The molecule has 6 nitrogen and oxygen atoms in total. The number of carbonyl (C=O) groups excluding carboxylic acids is 2. The van der Waals surface area contributed by atoms with Gasteiger partial charge in [-0.2, -0.15) is 0 Å². The minimum Gasteiger partial charge on any atom is -0.497 e.